The largest absolute Gasteiger partial charge is 0.295 e. The Labute approximate surface area is 96.7 Å². The molecule has 0 saturated carbocycles. The number of Topliss-reactive ketones (excluding diaryl/α,β-unsaturated/α-hetero) is 1. The number of carbonyl (C=O) groups is 1. The zero-order chi connectivity index (χ0) is 12.1. The highest BCUT2D eigenvalue weighted by Crippen LogP contribution is 2.21. The van der Waals surface area contributed by atoms with Crippen molar-refractivity contribution in [2.75, 3.05) is 0 Å². The molecule has 0 fully saturated rings. The molecule has 0 aliphatic heterocycles. The summed E-state index contributed by atoms with van der Waals surface area (Å²) in [5.41, 5.74) is 3.78. The second kappa shape index (κ2) is 5.40. The summed E-state index contributed by atoms with van der Waals surface area (Å²) in [5.74, 6) is 0.0807. The third-order valence-corrected chi connectivity index (χ3v) is 2.46. The van der Waals surface area contributed by atoms with Crippen LogP contribution in [0, 0.1) is 6.92 Å². The average molecular weight is 215 g/mol. The summed E-state index contributed by atoms with van der Waals surface area (Å²) in [4.78, 5) is 15.6. The van der Waals surface area contributed by atoms with Gasteiger partial charge in [0.1, 0.15) is 0 Å². The zero-order valence-electron chi connectivity index (χ0n) is 10.2. The molecule has 0 spiro atoms. The molecule has 0 radical (unpaired) electrons. The van der Waals surface area contributed by atoms with E-state index in [2.05, 4.69) is 4.99 Å². The molecule has 16 heavy (non-hydrogen) atoms. The zero-order valence-corrected chi connectivity index (χ0v) is 10.2. The summed E-state index contributed by atoms with van der Waals surface area (Å²) in [6.45, 7) is 7.43. The van der Waals surface area contributed by atoms with Crippen LogP contribution in [0.5, 0.6) is 0 Å². The molecule has 0 saturated heterocycles. The van der Waals surface area contributed by atoms with E-state index in [1.165, 1.54) is 0 Å². The van der Waals surface area contributed by atoms with E-state index in [9.17, 15) is 4.79 Å². The van der Waals surface area contributed by atoms with E-state index in [1.807, 2.05) is 45.0 Å². The fourth-order valence-electron chi connectivity index (χ4n) is 1.56. The van der Waals surface area contributed by atoms with Gasteiger partial charge in [-0.1, -0.05) is 18.2 Å². The molecular formula is C14H17NO. The lowest BCUT2D eigenvalue weighted by Crippen LogP contribution is -1.95. The number of benzene rings is 1. The molecule has 1 rings (SSSR count). The molecule has 0 N–H and O–H groups in total. The normalized spacial score (nSPS) is 12.1. The highest BCUT2D eigenvalue weighted by Gasteiger charge is 2.06. The van der Waals surface area contributed by atoms with E-state index < -0.39 is 0 Å². The van der Waals surface area contributed by atoms with Crippen LogP contribution in [-0.2, 0) is 0 Å². The Kier molecular flexibility index (Phi) is 4.18. The van der Waals surface area contributed by atoms with Crippen molar-refractivity contribution in [1.82, 2.24) is 0 Å². The molecule has 0 atom stereocenters. The van der Waals surface area contributed by atoms with Gasteiger partial charge >= 0.3 is 0 Å². The van der Waals surface area contributed by atoms with E-state index >= 15 is 0 Å². The second-order valence-electron chi connectivity index (χ2n) is 3.65. The van der Waals surface area contributed by atoms with Gasteiger partial charge in [0.15, 0.2) is 5.78 Å². The maximum atomic E-state index is 11.3. The number of hydrogen-bond acceptors (Lipinski definition) is 2. The molecule has 0 unspecified atom stereocenters. The van der Waals surface area contributed by atoms with Gasteiger partial charge in [0, 0.05) is 17.3 Å². The van der Waals surface area contributed by atoms with Crippen LogP contribution in [0.1, 0.15) is 42.3 Å². The first-order valence-electron chi connectivity index (χ1n) is 5.37. The maximum Gasteiger partial charge on any atom is 0.159 e. The van der Waals surface area contributed by atoms with Crippen LogP contribution in [0.2, 0.25) is 0 Å². The van der Waals surface area contributed by atoms with Crippen molar-refractivity contribution in [3.63, 3.8) is 0 Å². The van der Waals surface area contributed by atoms with Crippen molar-refractivity contribution >= 4 is 17.7 Å². The van der Waals surface area contributed by atoms with Gasteiger partial charge in [0.05, 0.1) is 5.70 Å². The maximum absolute atomic E-state index is 11.3. The van der Waals surface area contributed by atoms with Gasteiger partial charge in [0.2, 0.25) is 0 Å². The van der Waals surface area contributed by atoms with Gasteiger partial charge in [-0.05, 0) is 39.3 Å². The Balaban J connectivity index is 3.31. The number of aliphatic imine (C=N–C) groups is 1. The number of allylic oxidation sites excluding steroid dienone is 1. The molecule has 1 aromatic rings. The third-order valence-electron chi connectivity index (χ3n) is 2.46. The van der Waals surface area contributed by atoms with E-state index in [0.29, 0.717) is 0 Å². The lowest BCUT2D eigenvalue weighted by molar-refractivity contribution is 0.101. The third kappa shape index (κ3) is 2.66. The molecule has 0 bridgehead atoms. The smallest absolute Gasteiger partial charge is 0.159 e. The fourth-order valence-corrected chi connectivity index (χ4v) is 1.56. The van der Waals surface area contributed by atoms with Gasteiger partial charge in [-0.25, -0.2) is 0 Å². The molecule has 1 aromatic carbocycles. The molecule has 2 nitrogen and oxygen atoms in total. The standard InChI is InChI=1S/C14H17NO/c1-5-14(15-6-2)13-9-12(11(4)16)8-7-10(13)3/h5-9H,1-4H3/b14-5-,15-6-. The first-order chi connectivity index (χ1) is 7.60. The number of carbonyl (C=O) groups excluding carboxylic acids is 1. The minimum Gasteiger partial charge on any atom is -0.295 e. The summed E-state index contributed by atoms with van der Waals surface area (Å²) in [7, 11) is 0. The number of aryl methyl sites for hydroxylation is 1. The van der Waals surface area contributed by atoms with Crippen molar-refractivity contribution < 1.29 is 4.79 Å². The summed E-state index contributed by atoms with van der Waals surface area (Å²) >= 11 is 0. The number of nitrogens with zero attached hydrogens (tertiary/aromatic N) is 1. The Hall–Kier alpha value is -1.70. The van der Waals surface area contributed by atoms with Crippen LogP contribution in [0.4, 0.5) is 0 Å². The molecule has 2 heteroatoms. The second-order valence-corrected chi connectivity index (χ2v) is 3.65. The SMILES string of the molecule is C/C=N\C(=C/C)c1cc(C(C)=O)ccc1C. The topological polar surface area (TPSA) is 29.4 Å². The van der Waals surface area contributed by atoms with Crippen LogP contribution in [0.25, 0.3) is 5.70 Å². The van der Waals surface area contributed by atoms with Gasteiger partial charge in [-0.2, -0.15) is 0 Å². The van der Waals surface area contributed by atoms with Gasteiger partial charge in [-0.3, -0.25) is 9.79 Å². The molecule has 84 valence electrons. The predicted molar refractivity (Wildman–Crippen MR) is 69.0 cm³/mol. The Morgan fingerprint density at radius 3 is 2.50 bits per heavy atom. The summed E-state index contributed by atoms with van der Waals surface area (Å²) in [6, 6.07) is 5.71. The van der Waals surface area contributed by atoms with Crippen molar-refractivity contribution in [2.24, 2.45) is 4.99 Å². The van der Waals surface area contributed by atoms with Crippen LogP contribution >= 0.6 is 0 Å². The number of ketones is 1. The molecule has 0 aliphatic rings. The molecule has 0 aromatic heterocycles. The van der Waals surface area contributed by atoms with Crippen molar-refractivity contribution in [2.45, 2.75) is 27.7 Å². The number of hydrogen-bond donors (Lipinski definition) is 0. The van der Waals surface area contributed by atoms with Gasteiger partial charge in [0.25, 0.3) is 0 Å². The molecule has 0 heterocycles. The van der Waals surface area contributed by atoms with Crippen molar-refractivity contribution in [3.8, 4) is 0 Å². The van der Waals surface area contributed by atoms with Gasteiger partial charge in [-0.15, -0.1) is 0 Å². The van der Waals surface area contributed by atoms with Crippen LogP contribution in [-0.4, -0.2) is 12.0 Å². The van der Waals surface area contributed by atoms with E-state index in [4.69, 9.17) is 0 Å². The lowest BCUT2D eigenvalue weighted by Gasteiger charge is -2.07. The predicted octanol–water partition coefficient (Wildman–Crippen LogP) is 3.65. The first-order valence-corrected chi connectivity index (χ1v) is 5.37. The Morgan fingerprint density at radius 2 is 2.00 bits per heavy atom. The average Bonchev–Trinajstić information content (AvgIpc) is 2.26. The quantitative estimate of drug-likeness (QED) is 0.559. The monoisotopic (exact) mass is 215 g/mol. The Bertz CT molecular complexity index is 456. The molecular weight excluding hydrogens is 198 g/mol. The lowest BCUT2D eigenvalue weighted by atomic mass is 10.0. The Morgan fingerprint density at radius 1 is 1.31 bits per heavy atom. The summed E-state index contributed by atoms with van der Waals surface area (Å²) in [6.07, 6.45) is 3.71. The van der Waals surface area contributed by atoms with E-state index in [1.54, 1.807) is 13.1 Å². The highest BCUT2D eigenvalue weighted by atomic mass is 16.1. The van der Waals surface area contributed by atoms with Gasteiger partial charge < -0.3 is 0 Å². The number of rotatable bonds is 3. The van der Waals surface area contributed by atoms with Crippen molar-refractivity contribution in [1.29, 1.82) is 0 Å². The summed E-state index contributed by atoms with van der Waals surface area (Å²) in [5, 5.41) is 0. The molecule has 0 aliphatic carbocycles. The van der Waals surface area contributed by atoms with Crippen molar-refractivity contribution in [3.05, 3.63) is 41.0 Å². The van der Waals surface area contributed by atoms with E-state index in [0.717, 1.165) is 22.4 Å². The highest BCUT2D eigenvalue weighted by molar-refractivity contribution is 5.95. The van der Waals surface area contributed by atoms with Crippen LogP contribution in [0.3, 0.4) is 0 Å². The summed E-state index contributed by atoms with van der Waals surface area (Å²) < 4.78 is 0. The van der Waals surface area contributed by atoms with Crippen LogP contribution in [0.15, 0.2) is 29.3 Å². The fraction of sp³-hybridized carbons (Fsp3) is 0.286. The first kappa shape index (κ1) is 12.4. The minimum atomic E-state index is 0.0807. The van der Waals surface area contributed by atoms with E-state index in [-0.39, 0.29) is 5.78 Å². The molecule has 0 amide bonds. The minimum absolute atomic E-state index is 0.0807. The van der Waals surface area contributed by atoms with Crippen LogP contribution < -0.4 is 0 Å².